The minimum atomic E-state index is -0.241. The fraction of sp³-hybridized carbons (Fsp3) is 0.273. The minimum Gasteiger partial charge on any atom is -0.357 e. The van der Waals surface area contributed by atoms with Gasteiger partial charge in [-0.15, -0.1) is 0 Å². The summed E-state index contributed by atoms with van der Waals surface area (Å²) in [6, 6.07) is 13.2. The monoisotopic (exact) mass is 444 g/mol. The van der Waals surface area contributed by atoms with Crippen molar-refractivity contribution in [2.45, 2.75) is 19.4 Å². The maximum Gasteiger partial charge on any atom is 0.318 e. The van der Waals surface area contributed by atoms with Crippen LogP contribution in [-0.4, -0.2) is 41.5 Å². The van der Waals surface area contributed by atoms with E-state index in [1.807, 2.05) is 24.3 Å². The summed E-state index contributed by atoms with van der Waals surface area (Å²) in [6.45, 7) is 1.49. The van der Waals surface area contributed by atoms with E-state index in [9.17, 15) is 9.59 Å². The van der Waals surface area contributed by atoms with Crippen molar-refractivity contribution < 1.29 is 9.59 Å². The van der Waals surface area contributed by atoms with Gasteiger partial charge in [-0.05, 0) is 42.2 Å². The largest absolute Gasteiger partial charge is 0.357 e. The molecule has 1 aliphatic rings. The Morgan fingerprint density at radius 2 is 1.93 bits per heavy atom. The first-order valence-corrected chi connectivity index (χ1v) is 10.6. The van der Waals surface area contributed by atoms with Gasteiger partial charge >= 0.3 is 6.03 Å². The van der Waals surface area contributed by atoms with E-state index in [0.29, 0.717) is 36.1 Å². The summed E-state index contributed by atoms with van der Waals surface area (Å²) in [5.74, 6) is -0.239. The Labute approximate surface area is 184 Å². The number of para-hydroxylation sites is 1. The summed E-state index contributed by atoms with van der Waals surface area (Å²) in [5.41, 5.74) is 4.33. The first kappa shape index (κ1) is 20.6. The number of hydrogen-bond donors (Lipinski definition) is 3. The van der Waals surface area contributed by atoms with Gasteiger partial charge in [-0.1, -0.05) is 47.5 Å². The van der Waals surface area contributed by atoms with Gasteiger partial charge in [0.05, 0.1) is 13.1 Å². The standard InChI is InChI=1S/C22H22Cl2N4O2/c23-15-6-5-14(18(24)11-15)7-9-25-21(29)12-26-22(30)28-10-8-17-16-3-1-2-4-19(16)27-20(17)13-28/h1-6,11,27H,7-10,12-13H2,(H,25,29)(H,26,30). The molecule has 0 radical (unpaired) electrons. The molecule has 0 saturated carbocycles. The van der Waals surface area contributed by atoms with Crippen LogP contribution in [0.3, 0.4) is 0 Å². The second kappa shape index (κ2) is 8.98. The van der Waals surface area contributed by atoms with Crippen LogP contribution in [0.2, 0.25) is 10.0 Å². The second-order valence-electron chi connectivity index (χ2n) is 7.29. The Hall–Kier alpha value is -2.70. The average molecular weight is 445 g/mol. The number of aromatic amines is 1. The fourth-order valence-corrected chi connectivity index (χ4v) is 4.26. The Morgan fingerprint density at radius 3 is 2.77 bits per heavy atom. The first-order valence-electron chi connectivity index (χ1n) is 9.83. The van der Waals surface area contributed by atoms with Crippen molar-refractivity contribution in [3.8, 4) is 0 Å². The van der Waals surface area contributed by atoms with Crippen molar-refractivity contribution in [1.82, 2.24) is 20.5 Å². The highest BCUT2D eigenvalue weighted by atomic mass is 35.5. The number of amides is 3. The summed E-state index contributed by atoms with van der Waals surface area (Å²) >= 11 is 12.0. The molecule has 2 aromatic carbocycles. The number of nitrogens with one attached hydrogen (secondary N) is 3. The molecule has 3 N–H and O–H groups in total. The van der Waals surface area contributed by atoms with Crippen molar-refractivity contribution in [3.05, 3.63) is 69.3 Å². The topological polar surface area (TPSA) is 77.2 Å². The number of H-pyrrole nitrogens is 1. The third-order valence-corrected chi connectivity index (χ3v) is 5.89. The van der Waals surface area contributed by atoms with Gasteiger partial charge in [0.15, 0.2) is 0 Å². The molecular weight excluding hydrogens is 423 g/mol. The van der Waals surface area contributed by atoms with Crippen LogP contribution < -0.4 is 10.6 Å². The lowest BCUT2D eigenvalue weighted by Gasteiger charge is -2.27. The zero-order chi connectivity index (χ0) is 21.1. The third kappa shape index (κ3) is 4.55. The molecule has 0 saturated heterocycles. The van der Waals surface area contributed by atoms with E-state index in [1.54, 1.807) is 17.0 Å². The van der Waals surface area contributed by atoms with Crippen LogP contribution in [0.4, 0.5) is 4.79 Å². The predicted molar refractivity (Wildman–Crippen MR) is 119 cm³/mol. The SMILES string of the molecule is O=C(CNC(=O)N1CCc2c([nH]c3ccccc23)C1)NCCc1ccc(Cl)cc1Cl. The number of rotatable bonds is 5. The van der Waals surface area contributed by atoms with Crippen LogP contribution in [0.1, 0.15) is 16.8 Å². The molecule has 0 spiro atoms. The summed E-state index contributed by atoms with van der Waals surface area (Å²) in [7, 11) is 0. The van der Waals surface area contributed by atoms with E-state index in [2.05, 4.69) is 21.7 Å². The Bertz CT molecular complexity index is 1100. The van der Waals surface area contributed by atoms with Crippen molar-refractivity contribution in [3.63, 3.8) is 0 Å². The van der Waals surface area contributed by atoms with Crippen molar-refractivity contribution in [2.75, 3.05) is 19.6 Å². The molecular formula is C22H22Cl2N4O2. The molecule has 30 heavy (non-hydrogen) atoms. The highest BCUT2D eigenvalue weighted by Crippen LogP contribution is 2.27. The second-order valence-corrected chi connectivity index (χ2v) is 8.14. The summed E-state index contributed by atoms with van der Waals surface area (Å²) in [4.78, 5) is 29.7. The molecule has 1 aliphatic heterocycles. The van der Waals surface area contributed by atoms with Gasteiger partial charge in [0.1, 0.15) is 0 Å². The minimum absolute atomic E-state index is 0.0662. The Balaban J connectivity index is 1.24. The van der Waals surface area contributed by atoms with Crippen molar-refractivity contribution >= 4 is 46.0 Å². The van der Waals surface area contributed by atoms with Crippen LogP contribution in [0.25, 0.3) is 10.9 Å². The zero-order valence-corrected chi connectivity index (χ0v) is 17.8. The number of fused-ring (bicyclic) bond motifs is 3. The van der Waals surface area contributed by atoms with Gasteiger partial charge in [0, 0.05) is 39.7 Å². The molecule has 0 fully saturated rings. The lowest BCUT2D eigenvalue weighted by Crippen LogP contribution is -2.46. The van der Waals surface area contributed by atoms with E-state index in [1.165, 1.54) is 10.9 Å². The smallest absolute Gasteiger partial charge is 0.318 e. The highest BCUT2D eigenvalue weighted by Gasteiger charge is 2.23. The molecule has 6 nitrogen and oxygen atoms in total. The lowest BCUT2D eigenvalue weighted by molar-refractivity contribution is -0.120. The number of benzene rings is 2. The number of halogens is 2. The molecule has 0 aliphatic carbocycles. The molecule has 3 amide bonds. The Kier molecular flexibility index (Phi) is 6.16. The van der Waals surface area contributed by atoms with E-state index >= 15 is 0 Å². The quantitative estimate of drug-likeness (QED) is 0.557. The summed E-state index contributed by atoms with van der Waals surface area (Å²) in [6.07, 6.45) is 1.38. The molecule has 0 atom stereocenters. The molecule has 0 unspecified atom stereocenters. The van der Waals surface area contributed by atoms with Crippen LogP contribution >= 0.6 is 23.2 Å². The summed E-state index contributed by atoms with van der Waals surface area (Å²) < 4.78 is 0. The van der Waals surface area contributed by atoms with E-state index in [0.717, 1.165) is 23.2 Å². The van der Waals surface area contributed by atoms with Gasteiger partial charge in [-0.3, -0.25) is 4.79 Å². The Morgan fingerprint density at radius 1 is 1.10 bits per heavy atom. The molecule has 156 valence electrons. The summed E-state index contributed by atoms with van der Waals surface area (Å²) in [5, 5.41) is 7.86. The number of carbonyl (C=O) groups excluding carboxylic acids is 2. The number of hydrogen-bond acceptors (Lipinski definition) is 2. The van der Waals surface area contributed by atoms with E-state index in [-0.39, 0.29) is 18.5 Å². The van der Waals surface area contributed by atoms with Gasteiger partial charge in [0.2, 0.25) is 5.91 Å². The number of nitrogens with zero attached hydrogens (tertiary/aromatic N) is 1. The van der Waals surface area contributed by atoms with Crippen molar-refractivity contribution in [2.24, 2.45) is 0 Å². The van der Waals surface area contributed by atoms with Crippen LogP contribution in [-0.2, 0) is 24.2 Å². The molecule has 8 heteroatoms. The number of aromatic nitrogens is 1. The number of carbonyl (C=O) groups is 2. The zero-order valence-electron chi connectivity index (χ0n) is 16.3. The van der Waals surface area contributed by atoms with Crippen molar-refractivity contribution in [1.29, 1.82) is 0 Å². The van der Waals surface area contributed by atoms with Crippen LogP contribution in [0, 0.1) is 0 Å². The van der Waals surface area contributed by atoms with Gasteiger partial charge in [-0.25, -0.2) is 4.79 Å². The van der Waals surface area contributed by atoms with Crippen LogP contribution in [0.15, 0.2) is 42.5 Å². The van der Waals surface area contributed by atoms with Gasteiger partial charge in [0.25, 0.3) is 0 Å². The van der Waals surface area contributed by atoms with E-state index < -0.39 is 0 Å². The molecule has 3 aromatic rings. The van der Waals surface area contributed by atoms with Gasteiger partial charge in [-0.2, -0.15) is 0 Å². The lowest BCUT2D eigenvalue weighted by atomic mass is 10.0. The average Bonchev–Trinajstić information content (AvgIpc) is 3.11. The van der Waals surface area contributed by atoms with E-state index in [4.69, 9.17) is 23.2 Å². The maximum absolute atomic E-state index is 12.5. The maximum atomic E-state index is 12.5. The third-order valence-electron chi connectivity index (χ3n) is 5.30. The molecule has 1 aromatic heterocycles. The predicted octanol–water partition coefficient (Wildman–Crippen LogP) is 3.90. The molecule has 2 heterocycles. The van der Waals surface area contributed by atoms with Crippen LogP contribution in [0.5, 0.6) is 0 Å². The first-order chi connectivity index (χ1) is 14.5. The number of urea groups is 1. The van der Waals surface area contributed by atoms with Gasteiger partial charge < -0.3 is 20.5 Å². The molecule has 0 bridgehead atoms. The molecule has 4 rings (SSSR count). The fourth-order valence-electron chi connectivity index (χ4n) is 3.76. The normalized spacial score (nSPS) is 13.2. The highest BCUT2D eigenvalue weighted by molar-refractivity contribution is 6.35.